The van der Waals surface area contributed by atoms with Gasteiger partial charge in [-0.05, 0) is 49.7 Å². The van der Waals surface area contributed by atoms with Gasteiger partial charge in [-0.1, -0.05) is 6.42 Å². The summed E-state index contributed by atoms with van der Waals surface area (Å²) in [5.74, 6) is 0. The third-order valence-corrected chi connectivity index (χ3v) is 4.54. The van der Waals surface area contributed by atoms with E-state index in [1.807, 2.05) is 11.3 Å². The molecular weight excluding hydrogens is 216 g/mol. The lowest BCUT2D eigenvalue weighted by molar-refractivity contribution is 0.385. The summed E-state index contributed by atoms with van der Waals surface area (Å²) in [5, 5.41) is 7.22. The van der Waals surface area contributed by atoms with Gasteiger partial charge in [0.2, 0.25) is 0 Å². The Kier molecular flexibility index (Phi) is 4.24. The third kappa shape index (κ3) is 2.98. The Balaban J connectivity index is 1.79. The van der Waals surface area contributed by atoms with Gasteiger partial charge < -0.3 is 10.2 Å². The number of thiophene rings is 1. The van der Waals surface area contributed by atoms with Crippen molar-refractivity contribution in [2.24, 2.45) is 0 Å². The van der Waals surface area contributed by atoms with Crippen molar-refractivity contribution in [3.8, 4) is 0 Å². The molecule has 1 aromatic rings. The van der Waals surface area contributed by atoms with Gasteiger partial charge in [-0.2, -0.15) is 0 Å². The van der Waals surface area contributed by atoms with Crippen LogP contribution in [0.4, 0.5) is 5.00 Å². The standard InChI is InChI=1S/C13H22N2S/c1-11-7-10-16-13(11)15(2)9-6-12-5-3-4-8-14-12/h7,10,12,14H,3-6,8-9H2,1-2H3. The number of anilines is 1. The van der Waals surface area contributed by atoms with Gasteiger partial charge >= 0.3 is 0 Å². The van der Waals surface area contributed by atoms with E-state index in [1.165, 1.54) is 49.3 Å². The van der Waals surface area contributed by atoms with Crippen LogP contribution < -0.4 is 10.2 Å². The van der Waals surface area contributed by atoms with Crippen LogP contribution in [0.1, 0.15) is 31.2 Å². The van der Waals surface area contributed by atoms with Crippen molar-refractivity contribution in [1.29, 1.82) is 0 Å². The van der Waals surface area contributed by atoms with Gasteiger partial charge in [0.15, 0.2) is 0 Å². The molecule has 0 amide bonds. The first-order chi connectivity index (χ1) is 7.77. The summed E-state index contributed by atoms with van der Waals surface area (Å²) in [4.78, 5) is 2.40. The minimum absolute atomic E-state index is 0.747. The summed E-state index contributed by atoms with van der Waals surface area (Å²) >= 11 is 1.85. The highest BCUT2D eigenvalue weighted by atomic mass is 32.1. The summed E-state index contributed by atoms with van der Waals surface area (Å²) < 4.78 is 0. The Labute approximate surface area is 103 Å². The van der Waals surface area contributed by atoms with E-state index in [0.717, 1.165) is 6.04 Å². The summed E-state index contributed by atoms with van der Waals surface area (Å²) in [6.45, 7) is 4.58. The van der Waals surface area contributed by atoms with Crippen molar-refractivity contribution in [3.63, 3.8) is 0 Å². The van der Waals surface area contributed by atoms with Crippen LogP contribution in [0, 0.1) is 6.92 Å². The Morgan fingerprint density at radius 1 is 1.50 bits per heavy atom. The minimum atomic E-state index is 0.747. The van der Waals surface area contributed by atoms with Gasteiger partial charge in [-0.25, -0.2) is 0 Å². The van der Waals surface area contributed by atoms with Gasteiger partial charge in [-0.15, -0.1) is 11.3 Å². The number of hydrogen-bond acceptors (Lipinski definition) is 3. The van der Waals surface area contributed by atoms with Crippen LogP contribution in [0.25, 0.3) is 0 Å². The van der Waals surface area contributed by atoms with Crippen LogP contribution in [0.3, 0.4) is 0 Å². The quantitative estimate of drug-likeness (QED) is 0.867. The number of rotatable bonds is 4. The summed E-state index contributed by atoms with van der Waals surface area (Å²) in [7, 11) is 2.21. The first kappa shape index (κ1) is 11.9. The fourth-order valence-electron chi connectivity index (χ4n) is 2.38. The Morgan fingerprint density at radius 3 is 3.00 bits per heavy atom. The second-order valence-corrected chi connectivity index (χ2v) is 5.66. The van der Waals surface area contributed by atoms with Crippen molar-refractivity contribution in [3.05, 3.63) is 17.0 Å². The highest BCUT2D eigenvalue weighted by Crippen LogP contribution is 2.26. The molecule has 2 heterocycles. The summed E-state index contributed by atoms with van der Waals surface area (Å²) in [5.41, 5.74) is 1.41. The summed E-state index contributed by atoms with van der Waals surface area (Å²) in [6, 6.07) is 2.95. The van der Waals surface area contributed by atoms with Crippen molar-refractivity contribution < 1.29 is 0 Å². The van der Waals surface area contributed by atoms with Crippen molar-refractivity contribution >= 4 is 16.3 Å². The molecule has 0 radical (unpaired) electrons. The SMILES string of the molecule is Cc1ccsc1N(C)CCC1CCCCN1. The molecule has 2 rings (SSSR count). The molecule has 1 aliphatic rings. The molecule has 0 aromatic carbocycles. The van der Waals surface area contributed by atoms with Gasteiger partial charge in [0.1, 0.15) is 0 Å². The van der Waals surface area contributed by atoms with Crippen LogP contribution in [-0.4, -0.2) is 26.2 Å². The molecule has 1 atom stereocenters. The molecule has 3 heteroatoms. The predicted molar refractivity (Wildman–Crippen MR) is 72.6 cm³/mol. The maximum Gasteiger partial charge on any atom is 0.0935 e. The Hall–Kier alpha value is -0.540. The van der Waals surface area contributed by atoms with Crippen LogP contribution in [0.15, 0.2) is 11.4 Å². The Bertz CT molecular complexity index is 315. The molecule has 1 aliphatic heterocycles. The molecular formula is C13H22N2S. The van der Waals surface area contributed by atoms with Crippen LogP contribution in [0.5, 0.6) is 0 Å². The van der Waals surface area contributed by atoms with Gasteiger partial charge in [0.05, 0.1) is 5.00 Å². The number of nitrogens with one attached hydrogen (secondary N) is 1. The van der Waals surface area contributed by atoms with E-state index in [2.05, 4.69) is 35.6 Å². The maximum atomic E-state index is 3.61. The number of nitrogens with zero attached hydrogens (tertiary/aromatic N) is 1. The lowest BCUT2D eigenvalue weighted by atomic mass is 10.0. The van der Waals surface area contributed by atoms with Crippen molar-refractivity contribution in [1.82, 2.24) is 5.32 Å². The first-order valence-corrected chi connectivity index (χ1v) is 7.14. The first-order valence-electron chi connectivity index (χ1n) is 6.26. The predicted octanol–water partition coefficient (Wildman–Crippen LogP) is 3.02. The van der Waals surface area contributed by atoms with Crippen LogP contribution in [-0.2, 0) is 0 Å². The van der Waals surface area contributed by atoms with Gasteiger partial charge in [0.25, 0.3) is 0 Å². The summed E-state index contributed by atoms with van der Waals surface area (Å²) in [6.07, 6.45) is 5.39. The lowest BCUT2D eigenvalue weighted by Gasteiger charge is -2.26. The molecule has 1 saturated heterocycles. The van der Waals surface area contributed by atoms with E-state index < -0.39 is 0 Å². The fraction of sp³-hybridized carbons (Fsp3) is 0.692. The zero-order valence-corrected chi connectivity index (χ0v) is 11.1. The third-order valence-electron chi connectivity index (χ3n) is 3.41. The van der Waals surface area contributed by atoms with E-state index in [0.29, 0.717) is 0 Å². The lowest BCUT2D eigenvalue weighted by Crippen LogP contribution is -2.36. The molecule has 2 nitrogen and oxygen atoms in total. The average molecular weight is 238 g/mol. The highest BCUT2D eigenvalue weighted by Gasteiger charge is 2.13. The molecule has 1 N–H and O–H groups in total. The highest BCUT2D eigenvalue weighted by molar-refractivity contribution is 7.14. The molecule has 0 saturated carbocycles. The number of aryl methyl sites for hydroxylation is 1. The smallest absolute Gasteiger partial charge is 0.0935 e. The van der Waals surface area contributed by atoms with E-state index in [-0.39, 0.29) is 0 Å². The molecule has 1 aromatic heterocycles. The van der Waals surface area contributed by atoms with Crippen LogP contribution in [0.2, 0.25) is 0 Å². The second kappa shape index (κ2) is 5.69. The van der Waals surface area contributed by atoms with E-state index in [1.54, 1.807) is 0 Å². The molecule has 1 fully saturated rings. The van der Waals surface area contributed by atoms with E-state index >= 15 is 0 Å². The zero-order chi connectivity index (χ0) is 11.4. The fourth-order valence-corrected chi connectivity index (χ4v) is 3.30. The van der Waals surface area contributed by atoms with Crippen molar-refractivity contribution in [2.45, 2.75) is 38.6 Å². The topological polar surface area (TPSA) is 15.3 Å². The monoisotopic (exact) mass is 238 g/mol. The molecule has 0 bridgehead atoms. The van der Waals surface area contributed by atoms with Crippen LogP contribution >= 0.6 is 11.3 Å². The number of piperidine rings is 1. The second-order valence-electron chi connectivity index (χ2n) is 4.77. The average Bonchev–Trinajstić information content (AvgIpc) is 2.74. The van der Waals surface area contributed by atoms with E-state index in [4.69, 9.17) is 0 Å². The molecule has 90 valence electrons. The zero-order valence-electron chi connectivity index (χ0n) is 10.3. The molecule has 1 unspecified atom stereocenters. The normalized spacial score (nSPS) is 21.0. The molecule has 0 spiro atoms. The van der Waals surface area contributed by atoms with Gasteiger partial charge in [0, 0.05) is 19.6 Å². The van der Waals surface area contributed by atoms with Crippen molar-refractivity contribution in [2.75, 3.05) is 25.0 Å². The van der Waals surface area contributed by atoms with Gasteiger partial charge in [-0.3, -0.25) is 0 Å². The minimum Gasteiger partial charge on any atom is -0.366 e. The molecule has 16 heavy (non-hydrogen) atoms. The Morgan fingerprint density at radius 2 is 2.38 bits per heavy atom. The maximum absolute atomic E-state index is 3.61. The van der Waals surface area contributed by atoms with E-state index in [9.17, 15) is 0 Å². The number of hydrogen-bond donors (Lipinski definition) is 1. The molecule has 0 aliphatic carbocycles. The largest absolute Gasteiger partial charge is 0.366 e.